The summed E-state index contributed by atoms with van der Waals surface area (Å²) in [6, 6.07) is 0.514. The van der Waals surface area contributed by atoms with Crippen molar-refractivity contribution in [3.8, 4) is 0 Å². The molecular weight excluding hydrogens is 129 g/mol. The Morgan fingerprint density at radius 2 is 2.30 bits per heavy atom. The second kappa shape index (κ2) is 3.33. The van der Waals surface area contributed by atoms with Gasteiger partial charge in [0.25, 0.3) is 0 Å². The van der Waals surface area contributed by atoms with Gasteiger partial charge in [0.2, 0.25) is 0 Å². The zero-order valence-corrected chi connectivity index (χ0v) is 6.81. The molecule has 0 radical (unpaired) electrons. The largest absolute Gasteiger partial charge is 0.300 e. The maximum absolute atomic E-state index is 12.7. The minimum absolute atomic E-state index is 0.514. The lowest BCUT2D eigenvalue weighted by Crippen LogP contribution is -2.24. The first-order valence-electron chi connectivity index (χ1n) is 4.08. The van der Waals surface area contributed by atoms with Crippen LogP contribution in [0.15, 0.2) is 0 Å². The molecule has 1 saturated heterocycles. The van der Waals surface area contributed by atoms with Gasteiger partial charge in [-0.15, -0.1) is 0 Å². The fraction of sp³-hybridized carbons (Fsp3) is 1.00. The molecule has 0 N–H and O–H groups in total. The van der Waals surface area contributed by atoms with E-state index in [-0.39, 0.29) is 0 Å². The fourth-order valence-electron chi connectivity index (χ4n) is 1.68. The van der Waals surface area contributed by atoms with Gasteiger partial charge in [0, 0.05) is 12.6 Å². The van der Waals surface area contributed by atoms with Gasteiger partial charge in [-0.25, -0.2) is 4.39 Å². The highest BCUT2D eigenvalue weighted by Gasteiger charge is 2.27. The molecule has 0 amide bonds. The lowest BCUT2D eigenvalue weighted by Gasteiger charge is -2.17. The van der Waals surface area contributed by atoms with Crippen molar-refractivity contribution in [1.29, 1.82) is 0 Å². The molecule has 2 unspecified atom stereocenters. The summed E-state index contributed by atoms with van der Waals surface area (Å²) in [7, 11) is 2.01. The monoisotopic (exact) mass is 145 g/mol. The summed E-state index contributed by atoms with van der Waals surface area (Å²) in [6.07, 6.45) is 2.50. The van der Waals surface area contributed by atoms with E-state index in [0.29, 0.717) is 12.6 Å². The third kappa shape index (κ3) is 1.69. The molecule has 1 fully saturated rings. The van der Waals surface area contributed by atoms with E-state index in [4.69, 9.17) is 0 Å². The third-order valence-electron chi connectivity index (χ3n) is 2.26. The molecule has 0 aromatic heterocycles. The number of halogens is 1. The van der Waals surface area contributed by atoms with Gasteiger partial charge < -0.3 is 4.90 Å². The molecule has 0 aliphatic carbocycles. The van der Waals surface area contributed by atoms with Crippen LogP contribution in [0.4, 0.5) is 4.39 Å². The van der Waals surface area contributed by atoms with E-state index in [1.807, 2.05) is 7.05 Å². The van der Waals surface area contributed by atoms with Crippen molar-refractivity contribution >= 4 is 0 Å². The maximum atomic E-state index is 12.7. The van der Waals surface area contributed by atoms with Crippen molar-refractivity contribution < 1.29 is 4.39 Å². The molecule has 1 rings (SSSR count). The average molecular weight is 145 g/mol. The molecule has 0 saturated carbocycles. The van der Waals surface area contributed by atoms with E-state index in [2.05, 4.69) is 11.8 Å². The predicted octanol–water partition coefficient (Wildman–Crippen LogP) is 1.83. The van der Waals surface area contributed by atoms with E-state index >= 15 is 0 Å². The highest BCUT2D eigenvalue weighted by atomic mass is 19.1. The van der Waals surface area contributed by atoms with E-state index < -0.39 is 6.17 Å². The molecule has 0 aromatic carbocycles. The Hall–Kier alpha value is -0.110. The molecule has 1 nitrogen and oxygen atoms in total. The Kier molecular flexibility index (Phi) is 2.66. The molecule has 1 heterocycles. The second-order valence-electron chi connectivity index (χ2n) is 3.22. The summed E-state index contributed by atoms with van der Waals surface area (Å²) in [6.45, 7) is 2.80. The van der Waals surface area contributed by atoms with Crippen LogP contribution in [0, 0.1) is 0 Å². The molecule has 2 heteroatoms. The van der Waals surface area contributed by atoms with Crippen molar-refractivity contribution in [2.75, 3.05) is 13.6 Å². The van der Waals surface area contributed by atoms with Gasteiger partial charge >= 0.3 is 0 Å². The van der Waals surface area contributed by atoms with Crippen molar-refractivity contribution in [3.63, 3.8) is 0 Å². The Morgan fingerprint density at radius 1 is 1.60 bits per heavy atom. The average Bonchev–Trinajstić information content (AvgIpc) is 2.13. The predicted molar refractivity (Wildman–Crippen MR) is 40.8 cm³/mol. The minimum Gasteiger partial charge on any atom is -0.300 e. The number of alkyl halides is 1. The van der Waals surface area contributed by atoms with Gasteiger partial charge in [0.05, 0.1) is 0 Å². The molecule has 0 spiro atoms. The molecule has 1 aliphatic heterocycles. The molecular formula is C8H16FN. The van der Waals surface area contributed by atoms with Crippen LogP contribution < -0.4 is 0 Å². The highest BCUT2D eigenvalue weighted by Crippen LogP contribution is 2.21. The van der Waals surface area contributed by atoms with Crippen LogP contribution in [0.25, 0.3) is 0 Å². The van der Waals surface area contributed by atoms with Crippen molar-refractivity contribution in [3.05, 3.63) is 0 Å². The van der Waals surface area contributed by atoms with E-state index in [1.165, 1.54) is 6.42 Å². The second-order valence-corrected chi connectivity index (χ2v) is 3.22. The van der Waals surface area contributed by atoms with Crippen LogP contribution in [-0.2, 0) is 0 Å². The van der Waals surface area contributed by atoms with Gasteiger partial charge in [-0.3, -0.25) is 0 Å². The van der Waals surface area contributed by atoms with E-state index in [9.17, 15) is 4.39 Å². The lowest BCUT2D eigenvalue weighted by atomic mass is 10.1. The Bertz CT molecular complexity index is 105. The van der Waals surface area contributed by atoms with Gasteiger partial charge in [0.1, 0.15) is 6.17 Å². The summed E-state index contributed by atoms with van der Waals surface area (Å²) in [5, 5.41) is 0. The number of hydrogen-bond donors (Lipinski definition) is 0. The van der Waals surface area contributed by atoms with Crippen LogP contribution in [0.3, 0.4) is 0 Å². The van der Waals surface area contributed by atoms with Crippen molar-refractivity contribution in [2.24, 2.45) is 0 Å². The van der Waals surface area contributed by atoms with Crippen LogP contribution in [0.2, 0.25) is 0 Å². The Balaban J connectivity index is 2.31. The standard InChI is InChI=1S/C8H16FN/c1-3-4-8-5-7(9)6-10(8)2/h7-8H,3-6H2,1-2H3. The van der Waals surface area contributed by atoms with Crippen LogP contribution in [-0.4, -0.2) is 30.7 Å². The molecule has 2 atom stereocenters. The zero-order chi connectivity index (χ0) is 7.56. The molecule has 0 bridgehead atoms. The molecule has 10 heavy (non-hydrogen) atoms. The van der Waals surface area contributed by atoms with Crippen LogP contribution in [0.1, 0.15) is 26.2 Å². The Morgan fingerprint density at radius 3 is 2.70 bits per heavy atom. The zero-order valence-electron chi connectivity index (χ0n) is 6.81. The summed E-state index contributed by atoms with van der Waals surface area (Å²) in [5.41, 5.74) is 0. The van der Waals surface area contributed by atoms with Crippen molar-refractivity contribution in [1.82, 2.24) is 4.90 Å². The van der Waals surface area contributed by atoms with Crippen LogP contribution in [0.5, 0.6) is 0 Å². The highest BCUT2D eigenvalue weighted by molar-refractivity contribution is 4.82. The molecule has 0 aromatic rings. The first-order valence-corrected chi connectivity index (χ1v) is 4.08. The number of rotatable bonds is 2. The van der Waals surface area contributed by atoms with E-state index in [1.54, 1.807) is 0 Å². The number of likely N-dealkylation sites (tertiary alicyclic amines) is 1. The van der Waals surface area contributed by atoms with Gasteiger partial charge in [0.15, 0.2) is 0 Å². The Labute approximate surface area is 62.2 Å². The van der Waals surface area contributed by atoms with Crippen LogP contribution >= 0.6 is 0 Å². The van der Waals surface area contributed by atoms with Gasteiger partial charge in [-0.1, -0.05) is 13.3 Å². The number of hydrogen-bond acceptors (Lipinski definition) is 1. The van der Waals surface area contributed by atoms with Crippen molar-refractivity contribution in [2.45, 2.75) is 38.4 Å². The minimum atomic E-state index is -0.568. The molecule has 1 aliphatic rings. The summed E-state index contributed by atoms with van der Waals surface area (Å²) >= 11 is 0. The quantitative estimate of drug-likeness (QED) is 0.573. The third-order valence-corrected chi connectivity index (χ3v) is 2.26. The first-order chi connectivity index (χ1) is 4.74. The smallest absolute Gasteiger partial charge is 0.114 e. The topological polar surface area (TPSA) is 3.24 Å². The van der Waals surface area contributed by atoms with Gasteiger partial charge in [-0.2, -0.15) is 0 Å². The summed E-state index contributed by atoms with van der Waals surface area (Å²) < 4.78 is 12.7. The first kappa shape index (κ1) is 7.99. The normalized spacial score (nSPS) is 35.1. The summed E-state index contributed by atoms with van der Waals surface area (Å²) in [4.78, 5) is 2.13. The lowest BCUT2D eigenvalue weighted by molar-refractivity contribution is 0.284. The van der Waals surface area contributed by atoms with E-state index in [0.717, 1.165) is 12.8 Å². The summed E-state index contributed by atoms with van der Waals surface area (Å²) in [5.74, 6) is 0. The SMILES string of the molecule is CCCC1CC(F)CN1C. The van der Waals surface area contributed by atoms with Gasteiger partial charge in [-0.05, 0) is 19.9 Å². The molecule has 60 valence electrons. The maximum Gasteiger partial charge on any atom is 0.114 e. The fourth-order valence-corrected chi connectivity index (χ4v) is 1.68. The number of nitrogens with zero attached hydrogens (tertiary/aromatic N) is 1.